The Hall–Kier alpha value is -2.37. The third kappa shape index (κ3) is 6.31. The summed E-state index contributed by atoms with van der Waals surface area (Å²) >= 11 is 0. The number of β-amino-alcohol motifs (C(OH)–C–C–N with tert-alkyl or cyclic N) is 1. The Bertz CT molecular complexity index is 801. The number of carbonyl (C=O) groups is 1. The van der Waals surface area contributed by atoms with Crippen molar-refractivity contribution in [3.8, 4) is 0 Å². The van der Waals surface area contributed by atoms with E-state index in [1.807, 2.05) is 56.0 Å². The van der Waals surface area contributed by atoms with Gasteiger partial charge in [-0.15, -0.1) is 0 Å². The van der Waals surface area contributed by atoms with Crippen molar-refractivity contribution in [1.29, 1.82) is 0 Å². The Labute approximate surface area is 173 Å². The zero-order valence-electron chi connectivity index (χ0n) is 17.7. The quantitative estimate of drug-likeness (QED) is 0.811. The molecule has 1 N–H and O–H groups in total. The van der Waals surface area contributed by atoms with Gasteiger partial charge in [0.1, 0.15) is 0 Å². The Balaban J connectivity index is 1.75. The molecule has 0 fully saturated rings. The lowest BCUT2D eigenvalue weighted by molar-refractivity contribution is -0.132. The number of anilines is 1. The van der Waals surface area contributed by atoms with Gasteiger partial charge in [-0.3, -0.25) is 4.79 Å². The van der Waals surface area contributed by atoms with Crippen molar-refractivity contribution in [3.63, 3.8) is 0 Å². The molecule has 2 aromatic carbocycles. The minimum Gasteiger partial charge on any atom is -0.389 e. The number of aliphatic hydroxyl groups excluding tert-OH is 1. The Morgan fingerprint density at radius 2 is 1.72 bits per heavy atom. The van der Waals surface area contributed by atoms with Gasteiger partial charge >= 0.3 is 0 Å². The van der Waals surface area contributed by atoms with Crippen molar-refractivity contribution in [2.24, 2.45) is 0 Å². The molecule has 1 atom stereocenters. The van der Waals surface area contributed by atoms with Crippen molar-refractivity contribution in [2.45, 2.75) is 52.0 Å². The van der Waals surface area contributed by atoms with Crippen LogP contribution in [0, 0.1) is 0 Å². The molecular formula is C24H32N2O3. The lowest BCUT2D eigenvalue weighted by Gasteiger charge is -2.34. The summed E-state index contributed by atoms with van der Waals surface area (Å²) in [5, 5.41) is 10.5. The largest absolute Gasteiger partial charge is 0.389 e. The van der Waals surface area contributed by atoms with Gasteiger partial charge in [-0.05, 0) is 38.0 Å². The molecule has 0 aliphatic carbocycles. The first-order valence-electron chi connectivity index (χ1n) is 10.3. The number of ether oxygens (including phenoxy) is 1. The van der Waals surface area contributed by atoms with Crippen LogP contribution in [0.2, 0.25) is 0 Å². The van der Waals surface area contributed by atoms with Crippen LogP contribution in [-0.2, 0) is 22.6 Å². The predicted molar refractivity (Wildman–Crippen MR) is 116 cm³/mol. The number of benzene rings is 2. The topological polar surface area (TPSA) is 53.0 Å². The third-order valence-corrected chi connectivity index (χ3v) is 5.00. The smallest absolute Gasteiger partial charge is 0.224 e. The van der Waals surface area contributed by atoms with Crippen LogP contribution < -0.4 is 4.90 Å². The van der Waals surface area contributed by atoms with Gasteiger partial charge in [0.05, 0.1) is 18.3 Å². The number of hydrogen-bond donors (Lipinski definition) is 1. The molecule has 1 aliphatic heterocycles. The molecule has 1 aliphatic rings. The highest BCUT2D eigenvalue weighted by Crippen LogP contribution is 2.26. The summed E-state index contributed by atoms with van der Waals surface area (Å²) in [6, 6.07) is 18.2. The number of aliphatic hydroxyl groups is 1. The highest BCUT2D eigenvalue weighted by molar-refractivity contribution is 5.78. The van der Waals surface area contributed by atoms with Gasteiger partial charge < -0.3 is 19.6 Å². The van der Waals surface area contributed by atoms with Crippen LogP contribution in [0.1, 0.15) is 38.3 Å². The maximum Gasteiger partial charge on any atom is 0.224 e. The van der Waals surface area contributed by atoms with Gasteiger partial charge in [0.15, 0.2) is 0 Å². The fraction of sp³-hybridized carbons (Fsp3) is 0.458. The van der Waals surface area contributed by atoms with E-state index in [4.69, 9.17) is 4.74 Å². The molecule has 0 radical (unpaired) electrons. The highest BCUT2D eigenvalue weighted by Gasteiger charge is 2.24. The molecule has 1 unspecified atom stereocenters. The van der Waals surface area contributed by atoms with Crippen LogP contribution in [0.25, 0.3) is 0 Å². The van der Waals surface area contributed by atoms with E-state index in [0.717, 1.165) is 16.8 Å². The molecule has 0 spiro atoms. The molecule has 1 heterocycles. The molecule has 0 aromatic heterocycles. The molecule has 1 amide bonds. The number of para-hydroxylation sites is 1. The van der Waals surface area contributed by atoms with Gasteiger partial charge in [0.25, 0.3) is 0 Å². The summed E-state index contributed by atoms with van der Waals surface area (Å²) in [5.74, 6) is 0.133. The first kappa shape index (κ1) is 21.3. The number of hydrogen-bond acceptors (Lipinski definition) is 4. The summed E-state index contributed by atoms with van der Waals surface area (Å²) in [6.45, 7) is 8.40. The standard InChI is InChI=1S/C24H32N2O3/c1-24(2,3)29-18-21(27)17-25-14-13-23(28)26(15-19-9-5-4-6-10-19)16-20-11-7-8-12-22(20)25/h4-12,21,27H,13-18H2,1-3H3. The van der Waals surface area contributed by atoms with E-state index in [0.29, 0.717) is 32.6 Å². The summed E-state index contributed by atoms with van der Waals surface area (Å²) in [5.41, 5.74) is 3.02. The number of fused-ring (bicyclic) bond motifs is 1. The van der Waals surface area contributed by atoms with E-state index in [2.05, 4.69) is 29.2 Å². The van der Waals surface area contributed by atoms with Crippen molar-refractivity contribution in [2.75, 3.05) is 24.6 Å². The minimum absolute atomic E-state index is 0.133. The lowest BCUT2D eigenvalue weighted by Crippen LogP contribution is -2.42. The SMILES string of the molecule is CC(C)(C)OCC(O)CN1CCC(=O)N(Cc2ccccc2)Cc2ccccc21. The van der Waals surface area contributed by atoms with Crippen LogP contribution in [0.5, 0.6) is 0 Å². The summed E-state index contributed by atoms with van der Waals surface area (Å²) in [7, 11) is 0. The first-order valence-corrected chi connectivity index (χ1v) is 10.3. The van der Waals surface area contributed by atoms with Crippen LogP contribution in [0.3, 0.4) is 0 Å². The number of amides is 1. The van der Waals surface area contributed by atoms with Gasteiger partial charge in [0, 0.05) is 38.3 Å². The summed E-state index contributed by atoms with van der Waals surface area (Å²) < 4.78 is 5.73. The summed E-state index contributed by atoms with van der Waals surface area (Å²) in [4.78, 5) is 16.9. The molecule has 156 valence electrons. The highest BCUT2D eigenvalue weighted by atomic mass is 16.5. The second kappa shape index (κ2) is 9.42. The van der Waals surface area contributed by atoms with E-state index in [1.54, 1.807) is 0 Å². The normalized spacial score (nSPS) is 16.2. The number of nitrogens with zero attached hydrogens (tertiary/aromatic N) is 2. The van der Waals surface area contributed by atoms with Crippen LogP contribution in [0.15, 0.2) is 54.6 Å². The third-order valence-electron chi connectivity index (χ3n) is 5.00. The molecule has 0 saturated heterocycles. The van der Waals surface area contributed by atoms with E-state index in [-0.39, 0.29) is 18.1 Å². The van der Waals surface area contributed by atoms with Gasteiger partial charge in [-0.25, -0.2) is 0 Å². The molecule has 3 rings (SSSR count). The number of carbonyl (C=O) groups excluding carboxylic acids is 1. The molecule has 5 heteroatoms. The maximum atomic E-state index is 12.9. The monoisotopic (exact) mass is 396 g/mol. The van der Waals surface area contributed by atoms with Crippen LogP contribution >= 0.6 is 0 Å². The van der Waals surface area contributed by atoms with E-state index in [1.165, 1.54) is 0 Å². The second-order valence-corrected chi connectivity index (χ2v) is 8.64. The first-order chi connectivity index (χ1) is 13.8. The predicted octanol–water partition coefficient (Wildman–Crippen LogP) is 3.60. The fourth-order valence-corrected chi connectivity index (χ4v) is 3.55. The zero-order chi connectivity index (χ0) is 20.9. The van der Waals surface area contributed by atoms with Crippen LogP contribution in [0.4, 0.5) is 5.69 Å². The van der Waals surface area contributed by atoms with Crippen molar-refractivity contribution >= 4 is 11.6 Å². The van der Waals surface area contributed by atoms with Crippen molar-refractivity contribution in [3.05, 3.63) is 65.7 Å². The molecule has 2 aromatic rings. The fourth-order valence-electron chi connectivity index (χ4n) is 3.55. The van der Waals surface area contributed by atoms with Gasteiger partial charge in [-0.2, -0.15) is 0 Å². The van der Waals surface area contributed by atoms with E-state index >= 15 is 0 Å². The average Bonchev–Trinajstić information content (AvgIpc) is 2.69. The molecule has 0 bridgehead atoms. The van der Waals surface area contributed by atoms with Crippen LogP contribution in [-0.4, -0.2) is 47.3 Å². The zero-order valence-corrected chi connectivity index (χ0v) is 17.7. The maximum absolute atomic E-state index is 12.9. The van der Waals surface area contributed by atoms with Gasteiger partial charge in [-0.1, -0.05) is 48.5 Å². The average molecular weight is 397 g/mol. The molecule has 5 nitrogen and oxygen atoms in total. The van der Waals surface area contributed by atoms with Gasteiger partial charge in [0.2, 0.25) is 5.91 Å². The van der Waals surface area contributed by atoms with E-state index in [9.17, 15) is 9.90 Å². The van der Waals surface area contributed by atoms with Crippen molar-refractivity contribution < 1.29 is 14.6 Å². The molecular weight excluding hydrogens is 364 g/mol. The lowest BCUT2D eigenvalue weighted by atomic mass is 10.1. The minimum atomic E-state index is -0.614. The Morgan fingerprint density at radius 3 is 2.45 bits per heavy atom. The Kier molecular flexibility index (Phi) is 6.93. The Morgan fingerprint density at radius 1 is 1.03 bits per heavy atom. The second-order valence-electron chi connectivity index (χ2n) is 8.64. The number of rotatable bonds is 6. The van der Waals surface area contributed by atoms with E-state index < -0.39 is 6.10 Å². The summed E-state index contributed by atoms with van der Waals surface area (Å²) in [6.07, 6.45) is -0.189. The molecule has 29 heavy (non-hydrogen) atoms. The molecule has 0 saturated carbocycles. The van der Waals surface area contributed by atoms with Crippen molar-refractivity contribution in [1.82, 2.24) is 4.90 Å².